The summed E-state index contributed by atoms with van der Waals surface area (Å²) in [5.41, 5.74) is 2.34. The normalized spacial score (nSPS) is 21.5. The minimum absolute atomic E-state index is 0.138. The fourth-order valence-corrected chi connectivity index (χ4v) is 8.36. The highest BCUT2D eigenvalue weighted by Crippen LogP contribution is 2.36. The number of ether oxygens (including phenoxy) is 1. The first-order valence-electron chi connectivity index (χ1n) is 16.0. The van der Waals surface area contributed by atoms with Crippen LogP contribution < -0.4 is 0 Å². The molecule has 3 aliphatic rings. The standard InChI is InChI=1S/C34H43N5O5S/c1-34(2,3)44-33(41)36-19-20-38(28(22-36)21-25-11-6-4-7-12-25)32(40)30-31(26-13-8-5-9-14-26)39(24-35-30)27-15-10-18-37(23-27)45(42,43)29-16-17-29/h4-9,11-14,24,27-29H,10,15-23H2,1-3H3/t27?,28-/m1/s1. The highest BCUT2D eigenvalue weighted by atomic mass is 32.2. The number of benzene rings is 2. The molecule has 1 aromatic heterocycles. The average Bonchev–Trinajstić information content (AvgIpc) is 3.80. The van der Waals surface area contributed by atoms with Gasteiger partial charge in [-0.05, 0) is 58.4 Å². The lowest BCUT2D eigenvalue weighted by atomic mass is 10.0. The van der Waals surface area contributed by atoms with E-state index >= 15 is 0 Å². The van der Waals surface area contributed by atoms with E-state index in [0.29, 0.717) is 50.5 Å². The van der Waals surface area contributed by atoms with Crippen LogP contribution in [0.15, 0.2) is 67.0 Å². The van der Waals surface area contributed by atoms with Crippen molar-refractivity contribution in [3.05, 3.63) is 78.2 Å². The first-order chi connectivity index (χ1) is 21.5. The molecule has 2 saturated heterocycles. The number of piperazine rings is 1. The third kappa shape index (κ3) is 6.94. The zero-order chi connectivity index (χ0) is 31.8. The maximum absolute atomic E-state index is 14.5. The molecule has 0 bridgehead atoms. The van der Waals surface area contributed by atoms with Crippen molar-refractivity contribution in [1.82, 2.24) is 23.7 Å². The molecule has 3 aromatic rings. The Hall–Kier alpha value is -3.70. The van der Waals surface area contributed by atoms with E-state index in [4.69, 9.17) is 9.72 Å². The van der Waals surface area contributed by atoms with Crippen molar-refractivity contribution in [2.75, 3.05) is 32.7 Å². The highest BCUT2D eigenvalue weighted by molar-refractivity contribution is 7.90. The average molecular weight is 634 g/mol. The molecule has 10 nitrogen and oxygen atoms in total. The van der Waals surface area contributed by atoms with Gasteiger partial charge in [-0.2, -0.15) is 4.31 Å². The number of hydrogen-bond acceptors (Lipinski definition) is 6. The summed E-state index contributed by atoms with van der Waals surface area (Å²) in [5, 5.41) is -0.259. The monoisotopic (exact) mass is 633 g/mol. The number of nitrogens with zero attached hydrogens (tertiary/aromatic N) is 5. The van der Waals surface area contributed by atoms with Crippen molar-refractivity contribution in [2.24, 2.45) is 0 Å². The second-order valence-electron chi connectivity index (χ2n) is 13.4. The molecule has 2 atom stereocenters. The summed E-state index contributed by atoms with van der Waals surface area (Å²) in [6, 6.07) is 19.3. The van der Waals surface area contributed by atoms with Crippen LogP contribution in [0.3, 0.4) is 0 Å². The molecule has 2 aromatic carbocycles. The number of rotatable bonds is 7. The van der Waals surface area contributed by atoms with Gasteiger partial charge in [0.05, 0.1) is 23.3 Å². The Kier molecular flexibility index (Phi) is 8.76. The maximum Gasteiger partial charge on any atom is 0.410 e. The van der Waals surface area contributed by atoms with Gasteiger partial charge < -0.3 is 19.1 Å². The van der Waals surface area contributed by atoms with E-state index in [9.17, 15) is 18.0 Å². The minimum Gasteiger partial charge on any atom is -0.444 e. The summed E-state index contributed by atoms with van der Waals surface area (Å²) < 4.78 is 35.6. The number of sulfonamides is 1. The minimum atomic E-state index is -3.31. The Balaban J connectivity index is 1.32. The van der Waals surface area contributed by atoms with Crippen molar-refractivity contribution in [2.45, 2.75) is 75.8 Å². The van der Waals surface area contributed by atoms with E-state index < -0.39 is 15.6 Å². The van der Waals surface area contributed by atoms with Crippen molar-refractivity contribution in [3.8, 4) is 11.3 Å². The van der Waals surface area contributed by atoms with Gasteiger partial charge in [0.15, 0.2) is 5.69 Å². The van der Waals surface area contributed by atoms with Gasteiger partial charge in [-0.25, -0.2) is 18.2 Å². The van der Waals surface area contributed by atoms with Crippen LogP contribution in [0.1, 0.15) is 68.5 Å². The molecule has 11 heteroatoms. The predicted octanol–water partition coefficient (Wildman–Crippen LogP) is 4.98. The van der Waals surface area contributed by atoms with Gasteiger partial charge in [-0.3, -0.25) is 4.79 Å². The summed E-state index contributed by atoms with van der Waals surface area (Å²) in [7, 11) is -3.31. The van der Waals surface area contributed by atoms with Crippen LogP contribution in [0.2, 0.25) is 0 Å². The van der Waals surface area contributed by atoms with E-state index in [1.54, 1.807) is 15.5 Å². The van der Waals surface area contributed by atoms with E-state index in [1.807, 2.05) is 90.9 Å². The number of carbonyl (C=O) groups excluding carboxylic acids is 2. The Bertz CT molecular complexity index is 1620. The van der Waals surface area contributed by atoms with Gasteiger partial charge >= 0.3 is 6.09 Å². The van der Waals surface area contributed by atoms with Crippen molar-refractivity contribution < 1.29 is 22.7 Å². The number of imidazole rings is 1. The lowest BCUT2D eigenvalue weighted by Gasteiger charge is -2.41. The predicted molar refractivity (Wildman–Crippen MR) is 172 cm³/mol. The molecule has 2 aliphatic heterocycles. The van der Waals surface area contributed by atoms with Gasteiger partial charge in [0.2, 0.25) is 10.0 Å². The van der Waals surface area contributed by atoms with Gasteiger partial charge in [-0.15, -0.1) is 0 Å². The summed E-state index contributed by atoms with van der Waals surface area (Å²) in [6.45, 7) is 7.47. The third-order valence-electron chi connectivity index (χ3n) is 8.81. The highest BCUT2D eigenvalue weighted by Gasteiger charge is 2.43. The van der Waals surface area contributed by atoms with Gasteiger partial charge in [-0.1, -0.05) is 60.7 Å². The van der Waals surface area contributed by atoms with Crippen LogP contribution in [-0.4, -0.2) is 93.7 Å². The third-order valence-corrected chi connectivity index (χ3v) is 11.2. The molecule has 2 amide bonds. The van der Waals surface area contributed by atoms with Crippen LogP contribution in [-0.2, 0) is 21.2 Å². The van der Waals surface area contributed by atoms with Gasteiger partial charge in [0.1, 0.15) is 5.60 Å². The first kappa shape index (κ1) is 31.3. The van der Waals surface area contributed by atoms with E-state index in [-0.39, 0.29) is 29.3 Å². The summed E-state index contributed by atoms with van der Waals surface area (Å²) in [5.74, 6) is -0.198. The molecule has 3 fully saturated rings. The van der Waals surface area contributed by atoms with Crippen molar-refractivity contribution >= 4 is 22.0 Å². The maximum atomic E-state index is 14.5. The van der Waals surface area contributed by atoms with Crippen LogP contribution in [0.4, 0.5) is 4.79 Å². The molecule has 0 radical (unpaired) electrons. The fraction of sp³-hybridized carbons (Fsp3) is 0.500. The summed E-state index contributed by atoms with van der Waals surface area (Å²) in [4.78, 5) is 35.8. The lowest BCUT2D eigenvalue weighted by molar-refractivity contribution is 0.00429. The number of carbonyl (C=O) groups is 2. The Morgan fingerprint density at radius 2 is 1.60 bits per heavy atom. The molecule has 240 valence electrons. The van der Waals surface area contributed by atoms with E-state index in [0.717, 1.165) is 36.8 Å². The van der Waals surface area contributed by atoms with Crippen LogP contribution >= 0.6 is 0 Å². The van der Waals surface area contributed by atoms with E-state index in [2.05, 4.69) is 0 Å². The zero-order valence-electron chi connectivity index (χ0n) is 26.3. The molecule has 3 heterocycles. The Morgan fingerprint density at radius 1 is 0.911 bits per heavy atom. The van der Waals surface area contributed by atoms with Gasteiger partial charge in [0.25, 0.3) is 5.91 Å². The molecular formula is C34H43N5O5S. The second kappa shape index (κ2) is 12.6. The number of amides is 2. The Morgan fingerprint density at radius 3 is 2.27 bits per heavy atom. The number of hydrogen-bond donors (Lipinski definition) is 0. The Labute approximate surface area is 266 Å². The molecule has 45 heavy (non-hydrogen) atoms. The molecular weight excluding hydrogens is 590 g/mol. The quantitative estimate of drug-likeness (QED) is 0.364. The molecule has 1 saturated carbocycles. The van der Waals surface area contributed by atoms with Crippen LogP contribution in [0, 0.1) is 0 Å². The SMILES string of the molecule is CC(C)(C)OC(=O)N1CCN(C(=O)c2ncn(C3CCCN(S(=O)(=O)C4CC4)C3)c2-c2ccccc2)[C@H](Cc2ccccc2)C1. The number of aromatic nitrogens is 2. The number of piperidine rings is 1. The smallest absolute Gasteiger partial charge is 0.410 e. The lowest BCUT2D eigenvalue weighted by Crippen LogP contribution is -2.58. The second-order valence-corrected chi connectivity index (χ2v) is 15.6. The summed E-state index contributed by atoms with van der Waals surface area (Å²) in [6.07, 6.45) is 4.90. The van der Waals surface area contributed by atoms with E-state index in [1.165, 1.54) is 0 Å². The van der Waals surface area contributed by atoms with Crippen molar-refractivity contribution in [1.29, 1.82) is 0 Å². The van der Waals surface area contributed by atoms with Crippen LogP contribution in [0.5, 0.6) is 0 Å². The first-order valence-corrected chi connectivity index (χ1v) is 17.5. The van der Waals surface area contributed by atoms with Crippen LogP contribution in [0.25, 0.3) is 11.3 Å². The molecule has 1 unspecified atom stereocenters. The molecule has 0 N–H and O–H groups in total. The largest absolute Gasteiger partial charge is 0.444 e. The fourth-order valence-electron chi connectivity index (χ4n) is 6.44. The zero-order valence-corrected chi connectivity index (χ0v) is 27.2. The van der Waals surface area contributed by atoms with Gasteiger partial charge in [0, 0.05) is 44.3 Å². The topological polar surface area (TPSA) is 105 Å². The van der Waals surface area contributed by atoms with Crippen molar-refractivity contribution in [3.63, 3.8) is 0 Å². The molecule has 6 rings (SSSR count). The summed E-state index contributed by atoms with van der Waals surface area (Å²) >= 11 is 0. The molecule has 0 spiro atoms. The molecule has 1 aliphatic carbocycles.